The Morgan fingerprint density at radius 3 is 2.26 bits per heavy atom. The van der Waals surface area contributed by atoms with Crippen LogP contribution in [-0.4, -0.2) is 60.6 Å². The number of urea groups is 1. The van der Waals surface area contributed by atoms with Crippen LogP contribution in [0.4, 0.5) is 10.5 Å². The number of carbonyl (C=O) groups excluding carboxylic acids is 3. The van der Waals surface area contributed by atoms with E-state index in [9.17, 15) is 22.8 Å². The van der Waals surface area contributed by atoms with Crippen molar-refractivity contribution in [1.29, 1.82) is 0 Å². The van der Waals surface area contributed by atoms with Gasteiger partial charge < -0.3 is 10.6 Å². The highest BCUT2D eigenvalue weighted by Gasteiger charge is 2.51. The number of anilines is 1. The maximum absolute atomic E-state index is 13.3. The molecule has 0 atom stereocenters. The number of hydrogen-bond acceptors (Lipinski definition) is 5. The van der Waals surface area contributed by atoms with Crippen LogP contribution in [0.15, 0.2) is 23.1 Å². The number of sulfonamides is 1. The van der Waals surface area contributed by atoms with E-state index in [2.05, 4.69) is 10.6 Å². The van der Waals surface area contributed by atoms with E-state index in [-0.39, 0.29) is 10.8 Å². The fourth-order valence-corrected chi connectivity index (χ4v) is 6.98. The monoisotopic (exact) mass is 490 g/mol. The van der Waals surface area contributed by atoms with Crippen LogP contribution >= 0.6 is 0 Å². The molecule has 0 aromatic heterocycles. The summed E-state index contributed by atoms with van der Waals surface area (Å²) in [6, 6.07) is 4.21. The highest BCUT2D eigenvalue weighted by Crippen LogP contribution is 2.33. The smallest absolute Gasteiger partial charge is 0.324 e. The van der Waals surface area contributed by atoms with Gasteiger partial charge in [0.15, 0.2) is 0 Å². The molecule has 1 saturated carbocycles. The number of carbonyl (C=O) groups is 3. The molecule has 3 aliphatic rings. The van der Waals surface area contributed by atoms with Gasteiger partial charge in [0.25, 0.3) is 5.91 Å². The van der Waals surface area contributed by atoms with Crippen molar-refractivity contribution in [2.75, 3.05) is 25.0 Å². The maximum atomic E-state index is 13.3. The van der Waals surface area contributed by atoms with Gasteiger partial charge in [-0.15, -0.1) is 0 Å². The van der Waals surface area contributed by atoms with Crippen LogP contribution in [0.1, 0.15) is 69.8 Å². The first-order chi connectivity index (χ1) is 16.2. The molecule has 1 aromatic carbocycles. The van der Waals surface area contributed by atoms with E-state index in [1.165, 1.54) is 10.4 Å². The summed E-state index contributed by atoms with van der Waals surface area (Å²) in [7, 11) is -3.68. The van der Waals surface area contributed by atoms with Gasteiger partial charge in [-0.3, -0.25) is 14.5 Å². The van der Waals surface area contributed by atoms with E-state index < -0.39 is 34.0 Å². The summed E-state index contributed by atoms with van der Waals surface area (Å²) in [6.07, 6.45) is 8.67. The number of nitrogens with one attached hydrogen (secondary N) is 2. The minimum atomic E-state index is -3.68. The first kappa shape index (κ1) is 24.7. The second kappa shape index (κ2) is 10.0. The molecule has 186 valence electrons. The van der Waals surface area contributed by atoms with Crippen LogP contribution in [0.2, 0.25) is 0 Å². The summed E-state index contributed by atoms with van der Waals surface area (Å²) in [4.78, 5) is 39.5. The van der Waals surface area contributed by atoms with Gasteiger partial charge in [-0.05, 0) is 50.3 Å². The van der Waals surface area contributed by atoms with E-state index in [4.69, 9.17) is 0 Å². The lowest BCUT2D eigenvalue weighted by atomic mass is 9.90. The Bertz CT molecular complexity index is 1060. The van der Waals surface area contributed by atoms with E-state index in [1.54, 1.807) is 19.1 Å². The number of hydrogen-bond donors (Lipinski definition) is 2. The molecule has 0 unspecified atom stereocenters. The molecule has 4 amide bonds. The normalized spacial score (nSPS) is 21.7. The fourth-order valence-electron chi connectivity index (χ4n) is 5.21. The number of rotatable bonds is 5. The minimum Gasteiger partial charge on any atom is -0.324 e. The van der Waals surface area contributed by atoms with Gasteiger partial charge in [-0.25, -0.2) is 13.2 Å². The number of nitrogens with zero attached hydrogens (tertiary/aromatic N) is 2. The van der Waals surface area contributed by atoms with Crippen molar-refractivity contribution in [3.63, 3.8) is 0 Å². The third-order valence-corrected chi connectivity index (χ3v) is 9.20. The molecule has 2 aliphatic heterocycles. The molecule has 9 nitrogen and oxygen atoms in total. The molecular weight excluding hydrogens is 456 g/mol. The molecule has 0 radical (unpaired) electrons. The zero-order chi connectivity index (χ0) is 24.3. The highest BCUT2D eigenvalue weighted by atomic mass is 32.2. The molecule has 0 bridgehead atoms. The Balaban J connectivity index is 1.46. The lowest BCUT2D eigenvalue weighted by molar-refractivity contribution is -0.134. The first-order valence-electron chi connectivity index (χ1n) is 12.3. The van der Waals surface area contributed by atoms with E-state index in [0.717, 1.165) is 56.3 Å². The summed E-state index contributed by atoms with van der Waals surface area (Å²) in [5.41, 5.74) is 0.0263. The van der Waals surface area contributed by atoms with Crippen molar-refractivity contribution in [2.24, 2.45) is 0 Å². The Labute approximate surface area is 201 Å². The zero-order valence-electron chi connectivity index (χ0n) is 19.8. The summed E-state index contributed by atoms with van der Waals surface area (Å²) in [5, 5.41) is 5.50. The number of imide groups is 1. The quantitative estimate of drug-likeness (QED) is 0.615. The molecule has 10 heteroatoms. The predicted molar refractivity (Wildman–Crippen MR) is 128 cm³/mol. The lowest BCUT2D eigenvalue weighted by Crippen LogP contribution is -2.47. The average Bonchev–Trinajstić information content (AvgIpc) is 3.11. The third-order valence-electron chi connectivity index (χ3n) is 7.16. The van der Waals surface area contributed by atoms with E-state index in [0.29, 0.717) is 37.2 Å². The van der Waals surface area contributed by atoms with Gasteiger partial charge in [0.1, 0.15) is 12.1 Å². The topological polar surface area (TPSA) is 116 Å². The number of aryl methyl sites for hydroxylation is 1. The largest absolute Gasteiger partial charge is 0.325 e. The molecular formula is C24H34N4O5S. The van der Waals surface area contributed by atoms with Crippen LogP contribution in [0.5, 0.6) is 0 Å². The van der Waals surface area contributed by atoms with Crippen LogP contribution in [-0.2, 0) is 19.6 Å². The minimum absolute atomic E-state index is 0.166. The van der Waals surface area contributed by atoms with Crippen molar-refractivity contribution in [3.05, 3.63) is 23.8 Å². The Hall–Kier alpha value is -2.46. The van der Waals surface area contributed by atoms with E-state index >= 15 is 0 Å². The van der Waals surface area contributed by atoms with Crippen molar-refractivity contribution in [1.82, 2.24) is 14.5 Å². The molecule has 2 heterocycles. The van der Waals surface area contributed by atoms with Crippen molar-refractivity contribution < 1.29 is 22.8 Å². The van der Waals surface area contributed by atoms with Crippen molar-refractivity contribution >= 4 is 33.6 Å². The molecule has 3 fully saturated rings. The molecule has 1 spiro atoms. The average molecular weight is 491 g/mol. The fraction of sp³-hybridized carbons (Fsp3) is 0.625. The summed E-state index contributed by atoms with van der Waals surface area (Å²) in [6.45, 7) is 2.31. The molecule has 2 saturated heterocycles. The molecule has 1 aliphatic carbocycles. The standard InChI is InChI=1S/C24H34N4O5S/c1-18-10-11-19(16-20(18)34(32,33)27-14-8-4-5-9-15-27)25-21(29)17-28-22(30)24(26-23(28)31)12-6-2-3-7-13-24/h10-11,16H,2-9,12-15,17H2,1H3,(H,25,29)(H,26,31). The van der Waals surface area contributed by atoms with Gasteiger partial charge in [0.2, 0.25) is 15.9 Å². The van der Waals surface area contributed by atoms with Crippen LogP contribution < -0.4 is 10.6 Å². The van der Waals surface area contributed by atoms with Crippen LogP contribution in [0.25, 0.3) is 0 Å². The van der Waals surface area contributed by atoms with Gasteiger partial charge in [0, 0.05) is 18.8 Å². The Kier molecular flexibility index (Phi) is 7.28. The lowest BCUT2D eigenvalue weighted by Gasteiger charge is -2.24. The maximum Gasteiger partial charge on any atom is 0.325 e. The van der Waals surface area contributed by atoms with Gasteiger partial charge >= 0.3 is 6.03 Å². The molecule has 1 aromatic rings. The summed E-state index contributed by atoms with van der Waals surface area (Å²) < 4.78 is 28.1. The second-order valence-electron chi connectivity index (χ2n) is 9.66. The molecule has 34 heavy (non-hydrogen) atoms. The van der Waals surface area contributed by atoms with Crippen LogP contribution in [0.3, 0.4) is 0 Å². The summed E-state index contributed by atoms with van der Waals surface area (Å²) in [5.74, 6) is -0.890. The number of benzene rings is 1. The summed E-state index contributed by atoms with van der Waals surface area (Å²) >= 11 is 0. The SMILES string of the molecule is Cc1ccc(NC(=O)CN2C(=O)NC3(CCCCCC3)C2=O)cc1S(=O)(=O)N1CCCCCC1. The van der Waals surface area contributed by atoms with E-state index in [1.807, 2.05) is 0 Å². The van der Waals surface area contributed by atoms with Crippen LogP contribution in [0, 0.1) is 6.92 Å². The third kappa shape index (κ3) is 4.98. The molecule has 2 N–H and O–H groups in total. The van der Waals surface area contributed by atoms with Crippen molar-refractivity contribution in [3.8, 4) is 0 Å². The zero-order valence-corrected chi connectivity index (χ0v) is 20.6. The second-order valence-corrected chi connectivity index (χ2v) is 11.6. The Morgan fingerprint density at radius 1 is 1.00 bits per heavy atom. The predicted octanol–water partition coefficient (Wildman–Crippen LogP) is 3.14. The molecule has 4 rings (SSSR count). The Morgan fingerprint density at radius 2 is 1.62 bits per heavy atom. The van der Waals surface area contributed by atoms with Gasteiger partial charge in [0.05, 0.1) is 4.90 Å². The van der Waals surface area contributed by atoms with Crippen molar-refractivity contribution in [2.45, 2.75) is 81.6 Å². The highest BCUT2D eigenvalue weighted by molar-refractivity contribution is 7.89. The van der Waals surface area contributed by atoms with Gasteiger partial charge in [-0.1, -0.05) is 44.6 Å². The first-order valence-corrected chi connectivity index (χ1v) is 13.7. The van der Waals surface area contributed by atoms with Gasteiger partial charge in [-0.2, -0.15) is 4.31 Å². The number of amides is 4.